The Bertz CT molecular complexity index is 647. The molecular formula is C18H18NiS4. The third kappa shape index (κ3) is 6.52. The molecule has 0 amide bonds. The van der Waals surface area contributed by atoms with Crippen LogP contribution in [-0.4, -0.2) is 8.39 Å². The average molecular weight is 421 g/mol. The van der Waals surface area contributed by atoms with Crippen LogP contribution in [0.25, 0.3) is 0 Å². The summed E-state index contributed by atoms with van der Waals surface area (Å²) in [6, 6.07) is 12.0. The van der Waals surface area contributed by atoms with Gasteiger partial charge in [0, 0.05) is 0 Å². The molecule has 0 aliphatic heterocycles. The summed E-state index contributed by atoms with van der Waals surface area (Å²) in [5.74, 6) is 0. The zero-order valence-corrected chi connectivity index (χ0v) is 17.7. The molecule has 2 aromatic rings. The summed E-state index contributed by atoms with van der Waals surface area (Å²) in [5.41, 5.74) is 6.94. The molecule has 0 fully saturated rings. The van der Waals surface area contributed by atoms with Crippen LogP contribution in [0.15, 0.2) is 36.4 Å². The minimum absolute atomic E-state index is 0. The van der Waals surface area contributed by atoms with E-state index in [1.807, 2.05) is 38.1 Å². The first-order valence-corrected chi connectivity index (χ1v) is 8.44. The van der Waals surface area contributed by atoms with E-state index in [4.69, 9.17) is 49.7 Å². The molecule has 124 valence electrons. The monoisotopic (exact) mass is 420 g/mol. The molecule has 2 aromatic carbocycles. The number of aryl methyl sites for hydroxylation is 2. The Labute approximate surface area is 171 Å². The Morgan fingerprint density at radius 1 is 0.696 bits per heavy atom. The summed E-state index contributed by atoms with van der Waals surface area (Å²) in [5, 5.41) is 0. The van der Waals surface area contributed by atoms with Crippen molar-refractivity contribution in [1.82, 2.24) is 0 Å². The van der Waals surface area contributed by atoms with E-state index >= 15 is 0 Å². The summed E-state index contributed by atoms with van der Waals surface area (Å²) < 4.78 is 1.12. The third-order valence-corrected chi connectivity index (χ3v) is 4.53. The van der Waals surface area contributed by atoms with E-state index < -0.39 is 0 Å². The second kappa shape index (κ2) is 10.4. The van der Waals surface area contributed by atoms with Gasteiger partial charge in [-0.25, -0.2) is 0 Å². The molecule has 0 heterocycles. The van der Waals surface area contributed by atoms with Gasteiger partial charge in [-0.2, -0.15) is 0 Å². The van der Waals surface area contributed by atoms with E-state index in [1.54, 1.807) is 0 Å². The van der Waals surface area contributed by atoms with Gasteiger partial charge in [-0.1, -0.05) is 36.4 Å². The molecule has 0 unspecified atom stereocenters. The van der Waals surface area contributed by atoms with Crippen LogP contribution in [0.4, 0.5) is 0 Å². The first kappa shape index (κ1) is 22.6. The van der Waals surface area contributed by atoms with Crippen molar-refractivity contribution in [2.45, 2.75) is 27.7 Å². The number of hydrogen-bond donors (Lipinski definition) is 0. The fourth-order valence-corrected chi connectivity index (χ4v) is 2.83. The SMILES string of the molecule is Cc1cccc(C(=S)[S-])c1C.Cc1cccc(C(=S)[S-])c1C.[Ni+2]. The van der Waals surface area contributed by atoms with E-state index in [9.17, 15) is 0 Å². The molecule has 0 spiro atoms. The molecule has 0 saturated heterocycles. The molecule has 0 aromatic heterocycles. The smallest absolute Gasteiger partial charge is 0.428 e. The first-order chi connectivity index (χ1) is 10.3. The predicted molar refractivity (Wildman–Crippen MR) is 110 cm³/mol. The van der Waals surface area contributed by atoms with Gasteiger partial charge in [0.2, 0.25) is 0 Å². The summed E-state index contributed by atoms with van der Waals surface area (Å²) in [7, 11) is 0. The van der Waals surface area contributed by atoms with E-state index in [1.165, 1.54) is 22.3 Å². The van der Waals surface area contributed by atoms with Gasteiger partial charge in [-0.05, 0) is 61.1 Å². The maximum absolute atomic E-state index is 4.92. The molecule has 0 radical (unpaired) electrons. The topological polar surface area (TPSA) is 0 Å². The molecule has 0 aliphatic carbocycles. The van der Waals surface area contributed by atoms with E-state index in [2.05, 4.69) is 26.0 Å². The van der Waals surface area contributed by atoms with Gasteiger partial charge in [-0.3, -0.25) is 0 Å². The van der Waals surface area contributed by atoms with Crippen LogP contribution in [0.3, 0.4) is 0 Å². The van der Waals surface area contributed by atoms with Gasteiger partial charge in [0.25, 0.3) is 0 Å². The molecule has 5 heteroatoms. The zero-order valence-electron chi connectivity index (χ0n) is 13.4. The largest absolute Gasteiger partial charge is 2.00 e. The average Bonchev–Trinajstić information content (AvgIpc) is 2.45. The Morgan fingerprint density at radius 2 is 1.00 bits per heavy atom. The molecule has 0 atom stereocenters. The van der Waals surface area contributed by atoms with Crippen LogP contribution in [0, 0.1) is 27.7 Å². The van der Waals surface area contributed by atoms with Gasteiger partial charge in [0.1, 0.15) is 0 Å². The fourth-order valence-electron chi connectivity index (χ4n) is 1.94. The van der Waals surface area contributed by atoms with E-state index in [-0.39, 0.29) is 16.5 Å². The van der Waals surface area contributed by atoms with Gasteiger partial charge < -0.3 is 49.7 Å². The van der Waals surface area contributed by atoms with Crippen molar-refractivity contribution in [1.29, 1.82) is 0 Å². The van der Waals surface area contributed by atoms with Gasteiger partial charge >= 0.3 is 16.5 Å². The van der Waals surface area contributed by atoms with Crippen LogP contribution >= 0.6 is 24.4 Å². The van der Waals surface area contributed by atoms with Crippen molar-refractivity contribution in [2.75, 3.05) is 0 Å². The Kier molecular flexibility index (Phi) is 10.2. The molecule has 0 saturated carbocycles. The minimum Gasteiger partial charge on any atom is -0.428 e. The third-order valence-electron chi connectivity index (χ3n) is 3.65. The first-order valence-electron chi connectivity index (χ1n) is 6.80. The van der Waals surface area contributed by atoms with E-state index in [0.717, 1.165) is 11.1 Å². The second-order valence-electron chi connectivity index (χ2n) is 5.07. The van der Waals surface area contributed by atoms with E-state index in [0.29, 0.717) is 8.39 Å². The molecule has 2 rings (SSSR count). The Hall–Kier alpha value is -0.446. The van der Waals surface area contributed by atoms with Gasteiger partial charge in [-0.15, -0.1) is 8.39 Å². The number of thiocarbonyl (C=S) groups is 2. The van der Waals surface area contributed by atoms with Crippen LogP contribution in [0.2, 0.25) is 0 Å². The van der Waals surface area contributed by atoms with Crippen LogP contribution in [-0.2, 0) is 41.7 Å². The van der Waals surface area contributed by atoms with Crippen LogP contribution in [0.5, 0.6) is 0 Å². The number of benzene rings is 2. The minimum atomic E-state index is 0. The Morgan fingerprint density at radius 3 is 1.22 bits per heavy atom. The summed E-state index contributed by atoms with van der Waals surface area (Å²) in [4.78, 5) is 0. The molecule has 0 nitrogen and oxygen atoms in total. The van der Waals surface area contributed by atoms with Crippen molar-refractivity contribution < 1.29 is 16.5 Å². The summed E-state index contributed by atoms with van der Waals surface area (Å²) in [6.07, 6.45) is 0. The summed E-state index contributed by atoms with van der Waals surface area (Å²) in [6.45, 7) is 8.21. The molecule has 0 aliphatic rings. The molecule has 23 heavy (non-hydrogen) atoms. The van der Waals surface area contributed by atoms with Crippen molar-refractivity contribution in [3.8, 4) is 0 Å². The van der Waals surface area contributed by atoms with Crippen molar-refractivity contribution in [3.63, 3.8) is 0 Å². The van der Waals surface area contributed by atoms with Crippen molar-refractivity contribution in [3.05, 3.63) is 69.8 Å². The molecule has 0 bridgehead atoms. The standard InChI is InChI=1S/2C9H10S2.Ni/c2*1-6-4-3-5-8(7(6)2)9(10)11;/h2*3-5H,1-2H3,(H,10,11);/q;;+2/p-2. The van der Waals surface area contributed by atoms with Gasteiger partial charge in [0.15, 0.2) is 0 Å². The Balaban J connectivity index is 0.000000403. The maximum Gasteiger partial charge on any atom is 2.00 e. The summed E-state index contributed by atoms with van der Waals surface area (Å²) >= 11 is 19.7. The second-order valence-corrected chi connectivity index (χ2v) is 7.22. The predicted octanol–water partition coefficient (Wildman–Crippen LogP) is 5.05. The quantitative estimate of drug-likeness (QED) is 0.378. The zero-order chi connectivity index (χ0) is 16.9. The van der Waals surface area contributed by atoms with Crippen LogP contribution < -0.4 is 0 Å². The molecule has 0 N–H and O–H groups in total. The van der Waals surface area contributed by atoms with Crippen LogP contribution in [0.1, 0.15) is 33.4 Å². The maximum atomic E-state index is 4.92. The number of rotatable bonds is 2. The molecular weight excluding hydrogens is 403 g/mol. The fraction of sp³-hybridized carbons (Fsp3) is 0.222. The number of hydrogen-bond acceptors (Lipinski definition) is 4. The van der Waals surface area contributed by atoms with Crippen molar-refractivity contribution >= 4 is 58.1 Å². The normalized spacial score (nSPS) is 9.22. The van der Waals surface area contributed by atoms with Crippen molar-refractivity contribution in [2.24, 2.45) is 0 Å². The van der Waals surface area contributed by atoms with Gasteiger partial charge in [0.05, 0.1) is 0 Å².